The van der Waals surface area contributed by atoms with Gasteiger partial charge in [0.05, 0.1) is 5.60 Å². The third-order valence-corrected chi connectivity index (χ3v) is 4.23. The first kappa shape index (κ1) is 10.2. The van der Waals surface area contributed by atoms with Crippen molar-refractivity contribution in [2.45, 2.75) is 63.9 Å². The van der Waals surface area contributed by atoms with Gasteiger partial charge in [0.15, 0.2) is 0 Å². The van der Waals surface area contributed by atoms with Gasteiger partial charge in [-0.05, 0) is 32.1 Å². The Labute approximate surface area is 85.7 Å². The van der Waals surface area contributed by atoms with Crippen molar-refractivity contribution >= 4 is 5.78 Å². The third kappa shape index (κ3) is 1.50. The van der Waals surface area contributed by atoms with Crippen molar-refractivity contribution in [2.75, 3.05) is 0 Å². The van der Waals surface area contributed by atoms with Gasteiger partial charge >= 0.3 is 0 Å². The summed E-state index contributed by atoms with van der Waals surface area (Å²) in [7, 11) is 0. The summed E-state index contributed by atoms with van der Waals surface area (Å²) in [5.74, 6) is 0.339. The zero-order valence-corrected chi connectivity index (χ0v) is 9.01. The van der Waals surface area contributed by atoms with Gasteiger partial charge in [-0.1, -0.05) is 19.8 Å². The standard InChI is InChI=1S/C12H20O2/c1-2-3-4-11-5-7-12(14,8-6-11)9-10(11)13/h14H,2-9H2,1H3. The van der Waals surface area contributed by atoms with Crippen LogP contribution < -0.4 is 0 Å². The molecule has 14 heavy (non-hydrogen) atoms. The maximum atomic E-state index is 11.9. The first-order valence-corrected chi connectivity index (χ1v) is 5.86. The van der Waals surface area contributed by atoms with E-state index >= 15 is 0 Å². The number of fused-ring (bicyclic) bond motifs is 3. The van der Waals surface area contributed by atoms with E-state index in [2.05, 4.69) is 6.92 Å². The van der Waals surface area contributed by atoms with Crippen LogP contribution >= 0.6 is 0 Å². The first-order valence-electron chi connectivity index (χ1n) is 5.86. The summed E-state index contributed by atoms with van der Waals surface area (Å²) in [5, 5.41) is 10.0. The highest BCUT2D eigenvalue weighted by Crippen LogP contribution is 2.52. The number of ketones is 1. The van der Waals surface area contributed by atoms with Crippen LogP contribution in [0.3, 0.4) is 0 Å². The molecule has 0 spiro atoms. The Morgan fingerprint density at radius 1 is 1.29 bits per heavy atom. The number of hydrogen-bond donors (Lipinski definition) is 1. The zero-order valence-electron chi connectivity index (χ0n) is 9.01. The first-order chi connectivity index (χ1) is 6.60. The third-order valence-electron chi connectivity index (χ3n) is 4.23. The average Bonchev–Trinajstić information content (AvgIpc) is 2.16. The smallest absolute Gasteiger partial charge is 0.141 e. The molecule has 2 heteroatoms. The van der Waals surface area contributed by atoms with E-state index in [1.54, 1.807) is 0 Å². The van der Waals surface area contributed by atoms with Gasteiger partial charge in [0, 0.05) is 11.8 Å². The Morgan fingerprint density at radius 3 is 2.43 bits per heavy atom. The van der Waals surface area contributed by atoms with Crippen LogP contribution in [0.1, 0.15) is 58.3 Å². The number of carbonyl (C=O) groups excluding carboxylic acids is 1. The van der Waals surface area contributed by atoms with E-state index in [4.69, 9.17) is 0 Å². The molecule has 0 aliphatic heterocycles. The molecule has 3 aliphatic carbocycles. The molecule has 3 rings (SSSR count). The molecule has 0 unspecified atom stereocenters. The second kappa shape index (κ2) is 3.34. The molecule has 1 N–H and O–H groups in total. The molecular weight excluding hydrogens is 176 g/mol. The van der Waals surface area contributed by atoms with Crippen LogP contribution in [0.15, 0.2) is 0 Å². The van der Waals surface area contributed by atoms with Crippen molar-refractivity contribution in [1.82, 2.24) is 0 Å². The predicted octanol–water partition coefficient (Wildman–Crippen LogP) is 2.44. The minimum Gasteiger partial charge on any atom is -0.389 e. The highest BCUT2D eigenvalue weighted by Gasteiger charge is 2.52. The normalized spacial score (nSPS) is 41.7. The molecule has 3 aliphatic rings. The fourth-order valence-electron chi connectivity index (χ4n) is 3.04. The minimum absolute atomic E-state index is 0.0273. The number of hydrogen-bond acceptors (Lipinski definition) is 2. The van der Waals surface area contributed by atoms with E-state index in [0.29, 0.717) is 12.2 Å². The second-order valence-corrected chi connectivity index (χ2v) is 5.21. The Balaban J connectivity index is 2.09. The van der Waals surface area contributed by atoms with E-state index in [-0.39, 0.29) is 5.41 Å². The summed E-state index contributed by atoms with van der Waals surface area (Å²) in [4.78, 5) is 11.9. The number of aliphatic hydroxyl groups is 1. The van der Waals surface area contributed by atoms with Gasteiger partial charge in [-0.25, -0.2) is 0 Å². The quantitative estimate of drug-likeness (QED) is 0.752. The van der Waals surface area contributed by atoms with Gasteiger partial charge < -0.3 is 5.11 Å². The molecule has 0 aromatic rings. The molecule has 0 atom stereocenters. The number of unbranched alkanes of at least 4 members (excludes halogenated alkanes) is 1. The van der Waals surface area contributed by atoms with Crippen molar-refractivity contribution in [3.63, 3.8) is 0 Å². The SMILES string of the molecule is CCCCC12CCC(O)(CC1)CC2=O. The maximum Gasteiger partial charge on any atom is 0.141 e. The van der Waals surface area contributed by atoms with Crippen LogP contribution in [0.5, 0.6) is 0 Å². The van der Waals surface area contributed by atoms with Gasteiger partial charge in [-0.3, -0.25) is 4.79 Å². The molecule has 0 amide bonds. The average molecular weight is 196 g/mol. The van der Waals surface area contributed by atoms with Crippen LogP contribution in [0.2, 0.25) is 0 Å². The Bertz CT molecular complexity index is 231. The van der Waals surface area contributed by atoms with Crippen molar-refractivity contribution in [3.8, 4) is 0 Å². The molecule has 3 fully saturated rings. The molecule has 0 heterocycles. The van der Waals surface area contributed by atoms with Crippen molar-refractivity contribution in [3.05, 3.63) is 0 Å². The van der Waals surface area contributed by atoms with Gasteiger partial charge in [0.25, 0.3) is 0 Å². The maximum absolute atomic E-state index is 11.9. The number of carbonyl (C=O) groups is 1. The van der Waals surface area contributed by atoms with E-state index in [0.717, 1.165) is 38.5 Å². The number of rotatable bonds is 3. The molecule has 0 aromatic heterocycles. The van der Waals surface area contributed by atoms with Crippen LogP contribution in [-0.2, 0) is 4.79 Å². The van der Waals surface area contributed by atoms with Gasteiger partial charge in [-0.15, -0.1) is 0 Å². The Morgan fingerprint density at radius 2 is 1.93 bits per heavy atom. The molecule has 2 nitrogen and oxygen atoms in total. The van der Waals surface area contributed by atoms with Gasteiger partial charge in [0.1, 0.15) is 5.78 Å². The molecule has 2 bridgehead atoms. The summed E-state index contributed by atoms with van der Waals surface area (Å²) in [6.07, 6.45) is 7.37. The van der Waals surface area contributed by atoms with E-state index in [1.807, 2.05) is 0 Å². The number of Topliss-reactive ketones (excluding diaryl/α,β-unsaturated/α-hetero) is 1. The molecule has 0 saturated heterocycles. The lowest BCUT2D eigenvalue weighted by Crippen LogP contribution is -2.52. The molecule has 0 aromatic carbocycles. The van der Waals surface area contributed by atoms with Crippen LogP contribution in [0.25, 0.3) is 0 Å². The lowest BCUT2D eigenvalue weighted by atomic mass is 9.56. The second-order valence-electron chi connectivity index (χ2n) is 5.21. The fraction of sp³-hybridized carbons (Fsp3) is 0.917. The lowest BCUT2D eigenvalue weighted by Gasteiger charge is -2.49. The van der Waals surface area contributed by atoms with Crippen molar-refractivity contribution in [2.24, 2.45) is 5.41 Å². The van der Waals surface area contributed by atoms with Crippen molar-refractivity contribution < 1.29 is 9.90 Å². The summed E-state index contributed by atoms with van der Waals surface area (Å²) < 4.78 is 0. The largest absolute Gasteiger partial charge is 0.389 e. The van der Waals surface area contributed by atoms with Crippen molar-refractivity contribution in [1.29, 1.82) is 0 Å². The highest BCUT2D eigenvalue weighted by molar-refractivity contribution is 5.87. The highest BCUT2D eigenvalue weighted by atomic mass is 16.3. The van der Waals surface area contributed by atoms with E-state index < -0.39 is 5.60 Å². The monoisotopic (exact) mass is 196 g/mol. The topological polar surface area (TPSA) is 37.3 Å². The summed E-state index contributed by atoms with van der Waals surface area (Å²) >= 11 is 0. The van der Waals surface area contributed by atoms with E-state index in [9.17, 15) is 9.90 Å². The Hall–Kier alpha value is -0.370. The van der Waals surface area contributed by atoms with Gasteiger partial charge in [-0.2, -0.15) is 0 Å². The lowest BCUT2D eigenvalue weighted by molar-refractivity contribution is -0.154. The molecule has 80 valence electrons. The molecular formula is C12H20O2. The van der Waals surface area contributed by atoms with E-state index in [1.165, 1.54) is 6.42 Å². The fourth-order valence-corrected chi connectivity index (χ4v) is 3.04. The molecule has 3 saturated carbocycles. The summed E-state index contributed by atoms with van der Waals surface area (Å²) in [5.41, 5.74) is -0.647. The Kier molecular flexibility index (Phi) is 2.42. The minimum atomic E-state index is -0.620. The predicted molar refractivity (Wildman–Crippen MR) is 55.0 cm³/mol. The molecule has 0 radical (unpaired) electrons. The summed E-state index contributed by atoms with van der Waals surface area (Å²) in [6, 6.07) is 0. The van der Waals surface area contributed by atoms with Crippen LogP contribution in [0, 0.1) is 5.41 Å². The zero-order chi connectivity index (χ0) is 10.2. The van der Waals surface area contributed by atoms with Gasteiger partial charge in [0.2, 0.25) is 0 Å². The summed E-state index contributed by atoms with van der Waals surface area (Å²) in [6.45, 7) is 2.17. The van der Waals surface area contributed by atoms with Crippen LogP contribution in [0.4, 0.5) is 0 Å². The van der Waals surface area contributed by atoms with Crippen LogP contribution in [-0.4, -0.2) is 16.5 Å².